The van der Waals surface area contributed by atoms with Crippen molar-refractivity contribution in [2.45, 2.75) is 57.1 Å². The second-order valence-electron chi connectivity index (χ2n) is 5.26. The van der Waals surface area contributed by atoms with Gasteiger partial charge < -0.3 is 5.11 Å². The molecule has 0 radical (unpaired) electrons. The number of aliphatic hydroxyl groups excluding tert-OH is 1. The maximum atomic E-state index is 12.7. The number of rotatable bonds is 5. The molecule has 0 saturated carbocycles. The van der Waals surface area contributed by atoms with E-state index < -0.39 is 10.0 Å². The fourth-order valence-corrected chi connectivity index (χ4v) is 4.74. The van der Waals surface area contributed by atoms with Crippen molar-refractivity contribution < 1.29 is 13.5 Å². The lowest BCUT2D eigenvalue weighted by molar-refractivity contribution is 0.280. The van der Waals surface area contributed by atoms with E-state index in [1.165, 1.54) is 0 Å². The molecule has 20 heavy (non-hydrogen) atoms. The van der Waals surface area contributed by atoms with Crippen molar-refractivity contribution in [3.05, 3.63) is 29.3 Å². The van der Waals surface area contributed by atoms with Gasteiger partial charge in [0.25, 0.3) is 0 Å². The molecule has 1 atom stereocenters. The van der Waals surface area contributed by atoms with Crippen molar-refractivity contribution in [1.82, 2.24) is 4.31 Å². The summed E-state index contributed by atoms with van der Waals surface area (Å²) in [6, 6.07) is 5.22. The van der Waals surface area contributed by atoms with E-state index in [0.717, 1.165) is 31.2 Å². The second-order valence-corrected chi connectivity index (χ2v) is 7.15. The molecule has 0 aromatic heterocycles. The Labute approximate surface area is 121 Å². The smallest absolute Gasteiger partial charge is 0.243 e. The first-order chi connectivity index (χ1) is 9.54. The second kappa shape index (κ2) is 6.24. The lowest BCUT2D eigenvalue weighted by atomic mass is 10.1. The van der Waals surface area contributed by atoms with Gasteiger partial charge in [-0.2, -0.15) is 4.31 Å². The quantitative estimate of drug-likeness (QED) is 0.907. The molecule has 0 bridgehead atoms. The van der Waals surface area contributed by atoms with E-state index in [-0.39, 0.29) is 12.6 Å². The van der Waals surface area contributed by atoms with Gasteiger partial charge >= 0.3 is 0 Å². The molecule has 112 valence electrons. The van der Waals surface area contributed by atoms with Crippen molar-refractivity contribution in [3.8, 4) is 0 Å². The zero-order valence-corrected chi connectivity index (χ0v) is 13.0. The third-order valence-corrected chi connectivity index (χ3v) is 6.08. The SMILES string of the molecule is CCc1ccc(S(=O)(=O)N2CCCC2CC)cc1CO. The summed E-state index contributed by atoms with van der Waals surface area (Å²) in [6.45, 7) is 4.50. The maximum absolute atomic E-state index is 12.7. The van der Waals surface area contributed by atoms with Gasteiger partial charge in [-0.25, -0.2) is 8.42 Å². The van der Waals surface area contributed by atoms with E-state index in [0.29, 0.717) is 17.0 Å². The molecule has 1 aromatic rings. The zero-order chi connectivity index (χ0) is 14.8. The third-order valence-electron chi connectivity index (χ3n) is 4.13. The molecule has 0 aliphatic carbocycles. The van der Waals surface area contributed by atoms with Crippen LogP contribution in [0.1, 0.15) is 44.2 Å². The highest BCUT2D eigenvalue weighted by Gasteiger charge is 2.34. The molecule has 2 rings (SSSR count). The molecule has 0 amide bonds. The van der Waals surface area contributed by atoms with Crippen LogP contribution in [0, 0.1) is 0 Å². The van der Waals surface area contributed by atoms with Crippen molar-refractivity contribution in [2.24, 2.45) is 0 Å². The van der Waals surface area contributed by atoms with Gasteiger partial charge in [0.05, 0.1) is 11.5 Å². The summed E-state index contributed by atoms with van der Waals surface area (Å²) in [5, 5.41) is 9.39. The Hall–Kier alpha value is -0.910. The van der Waals surface area contributed by atoms with Crippen LogP contribution in [0.15, 0.2) is 23.1 Å². The lowest BCUT2D eigenvalue weighted by Crippen LogP contribution is -2.35. The summed E-state index contributed by atoms with van der Waals surface area (Å²) < 4.78 is 27.1. The molecule has 1 aliphatic rings. The monoisotopic (exact) mass is 297 g/mol. The normalized spacial score (nSPS) is 20.4. The van der Waals surface area contributed by atoms with Gasteiger partial charge in [0.2, 0.25) is 10.0 Å². The van der Waals surface area contributed by atoms with E-state index in [2.05, 4.69) is 0 Å². The van der Waals surface area contributed by atoms with E-state index in [1.807, 2.05) is 19.9 Å². The van der Waals surface area contributed by atoms with Crippen LogP contribution in [0.25, 0.3) is 0 Å². The number of aryl methyl sites for hydroxylation is 1. The summed E-state index contributed by atoms with van der Waals surface area (Å²) in [6.07, 6.45) is 3.50. The Morgan fingerprint density at radius 3 is 2.65 bits per heavy atom. The van der Waals surface area contributed by atoms with Crippen LogP contribution in [0.2, 0.25) is 0 Å². The van der Waals surface area contributed by atoms with Gasteiger partial charge in [-0.15, -0.1) is 0 Å². The number of aliphatic hydroxyl groups is 1. The fourth-order valence-electron chi connectivity index (χ4n) is 2.92. The standard InChI is InChI=1S/C15H23NO3S/c1-3-12-7-8-15(10-13(12)11-17)20(18,19)16-9-5-6-14(16)4-2/h7-8,10,14,17H,3-6,9,11H2,1-2H3. The first-order valence-electron chi connectivity index (χ1n) is 7.29. The molecule has 1 fully saturated rings. The molecular weight excluding hydrogens is 274 g/mol. The van der Waals surface area contributed by atoms with Crippen molar-refractivity contribution in [2.75, 3.05) is 6.54 Å². The Kier molecular flexibility index (Phi) is 4.83. The third kappa shape index (κ3) is 2.75. The highest BCUT2D eigenvalue weighted by molar-refractivity contribution is 7.89. The molecule has 5 heteroatoms. The van der Waals surface area contributed by atoms with Gasteiger partial charge in [0.15, 0.2) is 0 Å². The summed E-state index contributed by atoms with van der Waals surface area (Å²) >= 11 is 0. The van der Waals surface area contributed by atoms with Gasteiger partial charge in [-0.1, -0.05) is 19.9 Å². The van der Waals surface area contributed by atoms with Crippen molar-refractivity contribution in [3.63, 3.8) is 0 Å². The van der Waals surface area contributed by atoms with Crippen LogP contribution in [-0.4, -0.2) is 30.4 Å². The average molecular weight is 297 g/mol. The zero-order valence-electron chi connectivity index (χ0n) is 12.2. The van der Waals surface area contributed by atoms with E-state index in [4.69, 9.17) is 0 Å². The molecule has 1 aromatic carbocycles. The number of hydrogen-bond acceptors (Lipinski definition) is 3. The van der Waals surface area contributed by atoms with Gasteiger partial charge in [0, 0.05) is 12.6 Å². The Bertz CT molecular complexity index is 568. The number of benzene rings is 1. The maximum Gasteiger partial charge on any atom is 0.243 e. The average Bonchev–Trinajstić information content (AvgIpc) is 2.95. The van der Waals surface area contributed by atoms with Crippen molar-refractivity contribution >= 4 is 10.0 Å². The van der Waals surface area contributed by atoms with Crippen LogP contribution in [-0.2, 0) is 23.1 Å². The number of hydrogen-bond donors (Lipinski definition) is 1. The Balaban J connectivity index is 2.39. The summed E-state index contributed by atoms with van der Waals surface area (Å²) in [7, 11) is -3.44. The van der Waals surface area contributed by atoms with Crippen LogP contribution >= 0.6 is 0 Å². The molecule has 1 unspecified atom stereocenters. The molecule has 1 saturated heterocycles. The molecule has 0 spiro atoms. The topological polar surface area (TPSA) is 57.6 Å². The van der Waals surface area contributed by atoms with Gasteiger partial charge in [0.1, 0.15) is 0 Å². The summed E-state index contributed by atoms with van der Waals surface area (Å²) in [5.41, 5.74) is 1.71. The van der Waals surface area contributed by atoms with E-state index in [9.17, 15) is 13.5 Å². The Morgan fingerprint density at radius 2 is 2.05 bits per heavy atom. The molecular formula is C15H23NO3S. The van der Waals surface area contributed by atoms with Crippen LogP contribution < -0.4 is 0 Å². The largest absolute Gasteiger partial charge is 0.392 e. The van der Waals surface area contributed by atoms with Gasteiger partial charge in [-0.05, 0) is 48.9 Å². The molecule has 1 N–H and O–H groups in total. The Morgan fingerprint density at radius 1 is 1.30 bits per heavy atom. The molecule has 1 aliphatic heterocycles. The first kappa shape index (κ1) is 15.5. The highest BCUT2D eigenvalue weighted by Crippen LogP contribution is 2.28. The van der Waals surface area contributed by atoms with E-state index in [1.54, 1.807) is 16.4 Å². The predicted molar refractivity (Wildman–Crippen MR) is 78.9 cm³/mol. The highest BCUT2D eigenvalue weighted by atomic mass is 32.2. The predicted octanol–water partition coefficient (Wildman–Crippen LogP) is 2.30. The van der Waals surface area contributed by atoms with Crippen LogP contribution in [0.5, 0.6) is 0 Å². The fraction of sp³-hybridized carbons (Fsp3) is 0.600. The lowest BCUT2D eigenvalue weighted by Gasteiger charge is -2.23. The molecule has 4 nitrogen and oxygen atoms in total. The summed E-state index contributed by atoms with van der Waals surface area (Å²) in [4.78, 5) is 0.305. The minimum atomic E-state index is -3.44. The molecule has 1 heterocycles. The first-order valence-corrected chi connectivity index (χ1v) is 8.73. The van der Waals surface area contributed by atoms with Crippen LogP contribution in [0.4, 0.5) is 0 Å². The minimum absolute atomic E-state index is 0.114. The number of sulfonamides is 1. The van der Waals surface area contributed by atoms with Crippen LogP contribution in [0.3, 0.4) is 0 Å². The van der Waals surface area contributed by atoms with Crippen molar-refractivity contribution in [1.29, 1.82) is 0 Å². The van der Waals surface area contributed by atoms with Gasteiger partial charge in [-0.3, -0.25) is 0 Å². The van der Waals surface area contributed by atoms with E-state index >= 15 is 0 Å². The summed E-state index contributed by atoms with van der Waals surface area (Å²) in [5.74, 6) is 0. The minimum Gasteiger partial charge on any atom is -0.392 e. The number of nitrogens with zero attached hydrogens (tertiary/aromatic N) is 1.